The van der Waals surface area contributed by atoms with E-state index in [1.165, 1.54) is 0 Å². The Balaban J connectivity index is 2.24. The van der Waals surface area contributed by atoms with Crippen molar-refractivity contribution in [3.63, 3.8) is 0 Å². The lowest BCUT2D eigenvalue weighted by Crippen LogP contribution is -2.45. The highest BCUT2D eigenvalue weighted by molar-refractivity contribution is 5.10. The number of rotatable bonds is 2. The summed E-state index contributed by atoms with van der Waals surface area (Å²) in [6.45, 7) is -0.443. The first-order chi connectivity index (χ1) is 7.11. The Morgan fingerprint density at radius 2 is 1.67 bits per heavy atom. The average Bonchev–Trinajstić information content (AvgIpc) is 2.67. The molecule has 15 heavy (non-hydrogen) atoms. The number of aliphatic hydroxyl groups is 5. The van der Waals surface area contributed by atoms with Crippen molar-refractivity contribution in [2.24, 2.45) is 0 Å². The Kier molecular flexibility index (Phi) is 2.98. The van der Waals surface area contributed by atoms with Gasteiger partial charge in [0, 0.05) is 6.04 Å². The van der Waals surface area contributed by atoms with E-state index in [2.05, 4.69) is 0 Å². The Hall–Kier alpha value is -0.240. The molecule has 0 aliphatic carbocycles. The monoisotopic (exact) mass is 219 g/mol. The van der Waals surface area contributed by atoms with Gasteiger partial charge in [-0.1, -0.05) is 0 Å². The van der Waals surface area contributed by atoms with Crippen LogP contribution in [-0.4, -0.2) is 80.1 Å². The number of hydrogen-bond donors (Lipinski definition) is 5. The minimum absolute atomic E-state index is 0.149. The van der Waals surface area contributed by atoms with Crippen LogP contribution in [0.2, 0.25) is 0 Å². The fraction of sp³-hybridized carbons (Fsp3) is 1.00. The largest absolute Gasteiger partial charge is 0.395 e. The summed E-state index contributed by atoms with van der Waals surface area (Å²) in [5.41, 5.74) is 0. The molecule has 2 saturated heterocycles. The van der Waals surface area contributed by atoms with Crippen LogP contribution in [0.3, 0.4) is 0 Å². The molecule has 88 valence electrons. The maximum absolute atomic E-state index is 9.71. The van der Waals surface area contributed by atoms with E-state index in [0.717, 1.165) is 0 Å². The molecule has 2 fully saturated rings. The summed E-state index contributed by atoms with van der Waals surface area (Å²) in [7, 11) is 0. The molecule has 2 rings (SSSR count). The first kappa shape index (κ1) is 11.3. The Morgan fingerprint density at radius 3 is 2.20 bits per heavy atom. The smallest absolute Gasteiger partial charge is 0.0995 e. The van der Waals surface area contributed by atoms with E-state index in [1.807, 2.05) is 0 Å². The van der Waals surface area contributed by atoms with E-state index in [1.54, 1.807) is 4.90 Å². The van der Waals surface area contributed by atoms with Crippen molar-refractivity contribution in [2.45, 2.75) is 42.9 Å². The second-order valence-electron chi connectivity index (χ2n) is 4.31. The van der Waals surface area contributed by atoms with Crippen molar-refractivity contribution < 1.29 is 25.5 Å². The van der Waals surface area contributed by atoms with Gasteiger partial charge in [-0.2, -0.15) is 0 Å². The summed E-state index contributed by atoms with van der Waals surface area (Å²) in [5, 5.41) is 47.3. The highest BCUT2D eigenvalue weighted by atomic mass is 16.3. The highest BCUT2D eigenvalue weighted by Crippen LogP contribution is 2.37. The van der Waals surface area contributed by atoms with Gasteiger partial charge in [0.05, 0.1) is 43.6 Å². The van der Waals surface area contributed by atoms with Crippen LogP contribution in [0.1, 0.15) is 6.42 Å². The minimum Gasteiger partial charge on any atom is -0.395 e. The van der Waals surface area contributed by atoms with Crippen molar-refractivity contribution in [3.8, 4) is 0 Å². The van der Waals surface area contributed by atoms with E-state index >= 15 is 0 Å². The Bertz CT molecular complexity index is 239. The molecule has 0 radical (unpaired) electrons. The average molecular weight is 219 g/mol. The maximum atomic E-state index is 9.71. The third kappa shape index (κ3) is 1.49. The lowest BCUT2D eigenvalue weighted by molar-refractivity contribution is -0.00253. The molecule has 6 atom stereocenters. The van der Waals surface area contributed by atoms with Crippen LogP contribution < -0.4 is 0 Å². The topological polar surface area (TPSA) is 104 Å². The van der Waals surface area contributed by atoms with Gasteiger partial charge < -0.3 is 25.5 Å². The van der Waals surface area contributed by atoms with Gasteiger partial charge in [0.15, 0.2) is 0 Å². The van der Waals surface area contributed by atoms with Crippen molar-refractivity contribution in [1.29, 1.82) is 0 Å². The van der Waals surface area contributed by atoms with Gasteiger partial charge in [-0.05, 0) is 6.42 Å². The molecule has 0 saturated carbocycles. The van der Waals surface area contributed by atoms with Crippen LogP contribution in [0.15, 0.2) is 0 Å². The molecular weight excluding hydrogens is 202 g/mol. The lowest BCUT2D eigenvalue weighted by Gasteiger charge is -2.28. The first-order valence-electron chi connectivity index (χ1n) is 5.15. The van der Waals surface area contributed by atoms with Crippen LogP contribution in [0, 0.1) is 0 Å². The molecule has 2 aliphatic rings. The molecule has 2 heterocycles. The maximum Gasteiger partial charge on any atom is 0.0995 e. The fourth-order valence-corrected chi connectivity index (χ4v) is 2.85. The van der Waals surface area contributed by atoms with Crippen LogP contribution in [0.4, 0.5) is 0 Å². The third-order valence-corrected chi connectivity index (χ3v) is 3.55. The van der Waals surface area contributed by atoms with Gasteiger partial charge in [0.25, 0.3) is 0 Å². The molecule has 0 unspecified atom stereocenters. The predicted molar refractivity (Wildman–Crippen MR) is 50.0 cm³/mol. The van der Waals surface area contributed by atoms with E-state index in [0.29, 0.717) is 6.42 Å². The van der Waals surface area contributed by atoms with E-state index in [-0.39, 0.29) is 19.3 Å². The van der Waals surface area contributed by atoms with Crippen molar-refractivity contribution >= 4 is 0 Å². The Morgan fingerprint density at radius 1 is 1.00 bits per heavy atom. The zero-order valence-electron chi connectivity index (χ0n) is 8.27. The summed E-state index contributed by atoms with van der Waals surface area (Å²) < 4.78 is 0. The van der Waals surface area contributed by atoms with Gasteiger partial charge in [-0.25, -0.2) is 0 Å². The van der Waals surface area contributed by atoms with Crippen LogP contribution >= 0.6 is 0 Å². The molecule has 0 bridgehead atoms. The molecule has 0 spiro atoms. The normalized spacial score (nSPS) is 51.0. The zero-order valence-corrected chi connectivity index (χ0v) is 8.27. The second-order valence-corrected chi connectivity index (χ2v) is 4.31. The summed E-state index contributed by atoms with van der Waals surface area (Å²) in [5.74, 6) is 0. The molecule has 0 aromatic carbocycles. The van der Waals surface area contributed by atoms with Crippen molar-refractivity contribution in [1.82, 2.24) is 4.90 Å². The van der Waals surface area contributed by atoms with Gasteiger partial charge >= 0.3 is 0 Å². The van der Waals surface area contributed by atoms with Crippen LogP contribution in [0.25, 0.3) is 0 Å². The molecule has 6 nitrogen and oxygen atoms in total. The molecule has 6 heteroatoms. The predicted octanol–water partition coefficient (Wildman–Crippen LogP) is -3.12. The fourth-order valence-electron chi connectivity index (χ4n) is 2.85. The molecule has 0 aromatic heterocycles. The molecule has 0 aromatic rings. The number of aliphatic hydroxyl groups excluding tert-OH is 5. The number of fused-ring (bicyclic) bond motifs is 1. The van der Waals surface area contributed by atoms with Gasteiger partial charge in [0.2, 0.25) is 0 Å². The van der Waals surface area contributed by atoms with E-state index < -0.39 is 30.4 Å². The quantitative estimate of drug-likeness (QED) is 0.336. The molecule has 5 N–H and O–H groups in total. The van der Waals surface area contributed by atoms with E-state index in [4.69, 9.17) is 10.2 Å². The van der Waals surface area contributed by atoms with Crippen molar-refractivity contribution in [2.75, 3.05) is 13.2 Å². The Labute approximate surface area is 87.4 Å². The van der Waals surface area contributed by atoms with E-state index in [9.17, 15) is 15.3 Å². The summed E-state index contributed by atoms with van der Waals surface area (Å²) >= 11 is 0. The zero-order chi connectivity index (χ0) is 11.2. The molecule has 0 amide bonds. The van der Waals surface area contributed by atoms with Gasteiger partial charge in [-0.3, -0.25) is 4.90 Å². The van der Waals surface area contributed by atoms with Gasteiger partial charge in [0.1, 0.15) is 0 Å². The van der Waals surface area contributed by atoms with Crippen LogP contribution in [-0.2, 0) is 0 Å². The summed E-state index contributed by atoms with van der Waals surface area (Å²) in [6.07, 6.45) is -2.53. The second kappa shape index (κ2) is 3.97. The SMILES string of the molecule is OC[C@@H]1C[C@H](O)[C@@H]2[C@H](O)[C@H](O)[C@H](CO)N12. The van der Waals surface area contributed by atoms with Crippen LogP contribution in [0.5, 0.6) is 0 Å². The standard InChI is InChI=1S/C9H17NO5/c11-2-4-1-6(13)7-9(15)8(14)5(3-12)10(4)7/h4-9,11-15H,1-3H2/t4-,5-,6-,7+,8+,9-/m0/s1. The molecular formula is C9H17NO5. The summed E-state index contributed by atoms with van der Waals surface area (Å²) in [4.78, 5) is 1.64. The third-order valence-electron chi connectivity index (χ3n) is 3.55. The van der Waals surface area contributed by atoms with Gasteiger partial charge in [-0.15, -0.1) is 0 Å². The lowest BCUT2D eigenvalue weighted by atomic mass is 10.0. The number of hydrogen-bond acceptors (Lipinski definition) is 6. The number of nitrogens with zero attached hydrogens (tertiary/aromatic N) is 1. The first-order valence-corrected chi connectivity index (χ1v) is 5.15. The molecule has 2 aliphatic heterocycles. The highest BCUT2D eigenvalue weighted by Gasteiger charge is 2.56. The minimum atomic E-state index is -1.07. The summed E-state index contributed by atoms with van der Waals surface area (Å²) in [6, 6.07) is -1.47. The van der Waals surface area contributed by atoms with Crippen molar-refractivity contribution in [3.05, 3.63) is 0 Å².